The van der Waals surface area contributed by atoms with Crippen molar-refractivity contribution in [3.63, 3.8) is 0 Å². The van der Waals surface area contributed by atoms with E-state index in [-0.39, 0.29) is 5.91 Å². The highest BCUT2D eigenvalue weighted by Crippen LogP contribution is 2.27. The molecule has 0 bridgehead atoms. The van der Waals surface area contributed by atoms with Crippen LogP contribution in [-0.2, 0) is 16.0 Å². The second-order valence-corrected chi connectivity index (χ2v) is 3.97. The van der Waals surface area contributed by atoms with Gasteiger partial charge in [-0.3, -0.25) is 4.79 Å². The van der Waals surface area contributed by atoms with Crippen molar-refractivity contribution in [3.8, 4) is 5.75 Å². The molecule has 0 unspecified atom stereocenters. The van der Waals surface area contributed by atoms with Crippen molar-refractivity contribution >= 4 is 17.6 Å². The maximum absolute atomic E-state index is 11.2. The number of fused-ring (bicyclic) bond motifs is 1. The minimum absolute atomic E-state index is 0.0269. The topological polar surface area (TPSA) is 75.6 Å². The first-order valence-electron chi connectivity index (χ1n) is 5.38. The highest BCUT2D eigenvalue weighted by Gasteiger charge is 2.17. The Morgan fingerprint density at radius 3 is 2.94 bits per heavy atom. The van der Waals surface area contributed by atoms with E-state index in [9.17, 15) is 9.59 Å². The molecule has 0 fully saturated rings. The van der Waals surface area contributed by atoms with Gasteiger partial charge >= 0.3 is 5.97 Å². The minimum atomic E-state index is -1.02. The summed E-state index contributed by atoms with van der Waals surface area (Å²) in [4.78, 5) is 21.9. The predicted molar refractivity (Wildman–Crippen MR) is 61.1 cm³/mol. The number of ether oxygens (including phenoxy) is 1. The van der Waals surface area contributed by atoms with Gasteiger partial charge in [0, 0.05) is 18.2 Å². The second-order valence-electron chi connectivity index (χ2n) is 3.97. The normalized spacial score (nSPS) is 15.7. The lowest BCUT2D eigenvalue weighted by atomic mass is 10.0. The molecule has 1 aromatic rings. The third-order valence-electron chi connectivity index (χ3n) is 2.64. The molecule has 0 saturated carbocycles. The Morgan fingerprint density at radius 2 is 2.24 bits per heavy atom. The standard InChI is InChI=1S/C12H13NO4/c1-7(12(15)16)17-9-4-2-8-3-5-11(14)13-10(8)6-9/h2,4,6-7H,3,5H2,1H3,(H,13,14)(H,15,16)/t7-/m0/s1. The van der Waals surface area contributed by atoms with Crippen LogP contribution >= 0.6 is 0 Å². The Morgan fingerprint density at radius 1 is 1.47 bits per heavy atom. The maximum atomic E-state index is 11.2. The summed E-state index contributed by atoms with van der Waals surface area (Å²) in [7, 11) is 0. The second kappa shape index (κ2) is 4.45. The number of benzene rings is 1. The Balaban J connectivity index is 2.18. The molecule has 17 heavy (non-hydrogen) atoms. The smallest absolute Gasteiger partial charge is 0.344 e. The Labute approximate surface area is 98.4 Å². The zero-order chi connectivity index (χ0) is 12.4. The fourth-order valence-electron chi connectivity index (χ4n) is 1.68. The first kappa shape index (κ1) is 11.4. The van der Waals surface area contributed by atoms with Gasteiger partial charge in [-0.1, -0.05) is 6.07 Å². The van der Waals surface area contributed by atoms with Gasteiger partial charge in [-0.05, 0) is 25.0 Å². The van der Waals surface area contributed by atoms with Crippen LogP contribution < -0.4 is 10.1 Å². The minimum Gasteiger partial charge on any atom is -0.479 e. The molecular formula is C12H13NO4. The van der Waals surface area contributed by atoms with E-state index in [2.05, 4.69) is 5.32 Å². The molecule has 1 amide bonds. The van der Waals surface area contributed by atoms with Gasteiger partial charge in [0.2, 0.25) is 5.91 Å². The van der Waals surface area contributed by atoms with Crippen LogP contribution in [0.3, 0.4) is 0 Å². The Hall–Kier alpha value is -2.04. The van der Waals surface area contributed by atoms with Crippen LogP contribution in [-0.4, -0.2) is 23.1 Å². The van der Waals surface area contributed by atoms with E-state index in [0.717, 1.165) is 5.56 Å². The number of nitrogens with one attached hydrogen (secondary N) is 1. The third kappa shape index (κ3) is 2.55. The van der Waals surface area contributed by atoms with Gasteiger partial charge in [0.1, 0.15) is 5.75 Å². The fourth-order valence-corrected chi connectivity index (χ4v) is 1.68. The average Bonchev–Trinajstić information content (AvgIpc) is 2.28. The number of carboxylic acids is 1. The van der Waals surface area contributed by atoms with Gasteiger partial charge in [-0.25, -0.2) is 4.79 Å². The molecule has 2 rings (SSSR count). The number of hydrogen-bond donors (Lipinski definition) is 2. The number of anilines is 1. The third-order valence-corrected chi connectivity index (χ3v) is 2.64. The maximum Gasteiger partial charge on any atom is 0.344 e. The van der Waals surface area contributed by atoms with Crippen molar-refractivity contribution < 1.29 is 19.4 Å². The monoisotopic (exact) mass is 235 g/mol. The van der Waals surface area contributed by atoms with Crippen molar-refractivity contribution in [2.45, 2.75) is 25.9 Å². The lowest BCUT2D eigenvalue weighted by molar-refractivity contribution is -0.144. The van der Waals surface area contributed by atoms with E-state index in [0.29, 0.717) is 24.3 Å². The van der Waals surface area contributed by atoms with Crippen molar-refractivity contribution in [2.24, 2.45) is 0 Å². The van der Waals surface area contributed by atoms with E-state index in [1.165, 1.54) is 6.92 Å². The average molecular weight is 235 g/mol. The highest BCUT2D eigenvalue weighted by atomic mass is 16.5. The molecular weight excluding hydrogens is 222 g/mol. The van der Waals surface area contributed by atoms with E-state index in [4.69, 9.17) is 9.84 Å². The molecule has 0 radical (unpaired) electrons. The number of rotatable bonds is 3. The van der Waals surface area contributed by atoms with Crippen molar-refractivity contribution in [2.75, 3.05) is 5.32 Å². The van der Waals surface area contributed by atoms with Gasteiger partial charge in [-0.2, -0.15) is 0 Å². The van der Waals surface area contributed by atoms with Crippen LogP contribution in [0.5, 0.6) is 5.75 Å². The van der Waals surface area contributed by atoms with Crippen LogP contribution in [0.1, 0.15) is 18.9 Å². The molecule has 0 aliphatic carbocycles. The lowest BCUT2D eigenvalue weighted by Crippen LogP contribution is -2.23. The molecule has 0 saturated heterocycles. The molecule has 1 aliphatic rings. The molecule has 5 nitrogen and oxygen atoms in total. The number of carbonyl (C=O) groups excluding carboxylic acids is 1. The van der Waals surface area contributed by atoms with Gasteiger partial charge in [-0.15, -0.1) is 0 Å². The summed E-state index contributed by atoms with van der Waals surface area (Å²) in [5, 5.41) is 11.5. The molecule has 1 atom stereocenters. The molecule has 5 heteroatoms. The number of hydrogen-bond acceptors (Lipinski definition) is 3. The number of aryl methyl sites for hydroxylation is 1. The molecule has 2 N–H and O–H groups in total. The van der Waals surface area contributed by atoms with Crippen molar-refractivity contribution in [1.82, 2.24) is 0 Å². The summed E-state index contributed by atoms with van der Waals surface area (Å²) in [6, 6.07) is 5.22. The number of amides is 1. The Kier molecular flexibility index (Phi) is 2.99. The van der Waals surface area contributed by atoms with Crippen LogP contribution in [0.25, 0.3) is 0 Å². The fraction of sp³-hybridized carbons (Fsp3) is 0.333. The van der Waals surface area contributed by atoms with Gasteiger partial charge < -0.3 is 15.2 Å². The molecule has 1 aliphatic heterocycles. The van der Waals surface area contributed by atoms with Crippen molar-refractivity contribution in [1.29, 1.82) is 0 Å². The van der Waals surface area contributed by atoms with Crippen LogP contribution in [0, 0.1) is 0 Å². The highest BCUT2D eigenvalue weighted by molar-refractivity contribution is 5.94. The quantitative estimate of drug-likeness (QED) is 0.830. The molecule has 1 aromatic carbocycles. The zero-order valence-corrected chi connectivity index (χ0v) is 9.40. The van der Waals surface area contributed by atoms with Crippen LogP contribution in [0.2, 0.25) is 0 Å². The van der Waals surface area contributed by atoms with Crippen molar-refractivity contribution in [3.05, 3.63) is 23.8 Å². The first-order valence-corrected chi connectivity index (χ1v) is 5.38. The lowest BCUT2D eigenvalue weighted by Gasteiger charge is -2.18. The molecule has 0 spiro atoms. The van der Waals surface area contributed by atoms with Crippen LogP contribution in [0.15, 0.2) is 18.2 Å². The number of carboxylic acid groups (broad SMARTS) is 1. The largest absolute Gasteiger partial charge is 0.479 e. The van der Waals surface area contributed by atoms with E-state index in [1.807, 2.05) is 6.07 Å². The summed E-state index contributed by atoms with van der Waals surface area (Å²) in [6.07, 6.45) is 0.279. The molecule has 0 aromatic heterocycles. The van der Waals surface area contributed by atoms with Gasteiger partial charge in [0.25, 0.3) is 0 Å². The summed E-state index contributed by atoms with van der Waals surface area (Å²) >= 11 is 0. The molecule has 90 valence electrons. The zero-order valence-electron chi connectivity index (χ0n) is 9.40. The summed E-state index contributed by atoms with van der Waals surface area (Å²) in [5.74, 6) is -0.603. The first-order chi connectivity index (χ1) is 8.06. The van der Waals surface area contributed by atoms with Crippen LogP contribution in [0.4, 0.5) is 5.69 Å². The van der Waals surface area contributed by atoms with E-state index < -0.39 is 12.1 Å². The SMILES string of the molecule is C[C@H](Oc1ccc2c(c1)NC(=O)CC2)C(=O)O. The van der Waals surface area contributed by atoms with E-state index >= 15 is 0 Å². The summed E-state index contributed by atoms with van der Waals surface area (Å²) < 4.78 is 5.23. The number of aliphatic carboxylic acids is 1. The van der Waals surface area contributed by atoms with Gasteiger partial charge in [0.15, 0.2) is 6.10 Å². The van der Waals surface area contributed by atoms with Gasteiger partial charge in [0.05, 0.1) is 0 Å². The molecule has 1 heterocycles. The Bertz CT molecular complexity index is 470. The number of carbonyl (C=O) groups is 2. The van der Waals surface area contributed by atoms with E-state index in [1.54, 1.807) is 12.1 Å². The predicted octanol–water partition coefficient (Wildman–Crippen LogP) is 1.42. The summed E-state index contributed by atoms with van der Waals surface area (Å²) in [5.41, 5.74) is 1.75. The summed E-state index contributed by atoms with van der Waals surface area (Å²) in [6.45, 7) is 1.46.